The highest BCUT2D eigenvalue weighted by Gasteiger charge is 2.37. The summed E-state index contributed by atoms with van der Waals surface area (Å²) in [4.78, 5) is 25.2. The molecule has 0 radical (unpaired) electrons. The number of carboxylic acids is 1. The fourth-order valence-electron chi connectivity index (χ4n) is 2.60. The summed E-state index contributed by atoms with van der Waals surface area (Å²) in [6, 6.07) is -0.307. The van der Waals surface area contributed by atoms with Gasteiger partial charge in [-0.3, -0.25) is 9.58 Å². The Kier molecular flexibility index (Phi) is 3.93. The van der Waals surface area contributed by atoms with E-state index in [1.165, 1.54) is 10.9 Å². The number of hydrogen-bond donors (Lipinski definition) is 1. The summed E-state index contributed by atoms with van der Waals surface area (Å²) in [5.74, 6) is -1.03. The second-order valence-corrected chi connectivity index (χ2v) is 6.20. The van der Waals surface area contributed by atoms with Crippen molar-refractivity contribution in [2.75, 3.05) is 6.54 Å². The van der Waals surface area contributed by atoms with Crippen LogP contribution in [0.1, 0.15) is 55.7 Å². The molecule has 2 heterocycles. The van der Waals surface area contributed by atoms with E-state index in [9.17, 15) is 14.7 Å². The van der Waals surface area contributed by atoms with Crippen molar-refractivity contribution in [3.8, 4) is 0 Å². The van der Waals surface area contributed by atoms with E-state index in [2.05, 4.69) is 5.10 Å². The van der Waals surface area contributed by atoms with Crippen LogP contribution in [-0.4, -0.2) is 44.0 Å². The van der Waals surface area contributed by atoms with Crippen molar-refractivity contribution >= 4 is 12.1 Å². The monoisotopic (exact) mass is 295 g/mol. The molecule has 1 aromatic rings. The van der Waals surface area contributed by atoms with Gasteiger partial charge in [-0.15, -0.1) is 0 Å². The van der Waals surface area contributed by atoms with Gasteiger partial charge in [-0.2, -0.15) is 5.10 Å². The van der Waals surface area contributed by atoms with Gasteiger partial charge in [0.05, 0.1) is 17.9 Å². The Morgan fingerprint density at radius 3 is 2.67 bits per heavy atom. The highest BCUT2D eigenvalue weighted by Crippen LogP contribution is 2.34. The summed E-state index contributed by atoms with van der Waals surface area (Å²) in [5.41, 5.74) is 0.107. The number of hydrogen-bond acceptors (Lipinski definition) is 4. The zero-order valence-corrected chi connectivity index (χ0v) is 12.8. The Morgan fingerprint density at radius 2 is 2.10 bits per heavy atom. The third-order valence-corrected chi connectivity index (χ3v) is 3.41. The molecule has 0 aliphatic carbocycles. The normalized spacial score (nSPS) is 18.9. The standard InChI is InChI=1S/C14H21N3O4/c1-14(2,3)21-13(20)17-7-5-6-10(17)11-9(12(18)19)8-15-16(11)4/h8,10H,5-7H2,1-4H3,(H,18,19). The highest BCUT2D eigenvalue weighted by atomic mass is 16.6. The quantitative estimate of drug-likeness (QED) is 0.904. The Morgan fingerprint density at radius 1 is 1.43 bits per heavy atom. The van der Waals surface area contributed by atoms with Gasteiger partial charge in [-0.1, -0.05) is 0 Å². The largest absolute Gasteiger partial charge is 0.478 e. The number of rotatable bonds is 2. The van der Waals surface area contributed by atoms with Gasteiger partial charge in [0.15, 0.2) is 0 Å². The number of nitrogens with zero attached hydrogens (tertiary/aromatic N) is 3. The van der Waals surface area contributed by atoms with E-state index < -0.39 is 17.7 Å². The number of amides is 1. The fraction of sp³-hybridized carbons (Fsp3) is 0.643. The molecular formula is C14H21N3O4. The minimum Gasteiger partial charge on any atom is -0.478 e. The molecule has 1 N–H and O–H groups in total. The SMILES string of the molecule is Cn1ncc(C(=O)O)c1C1CCCN1C(=O)OC(C)(C)C. The van der Waals surface area contributed by atoms with Crippen LogP contribution < -0.4 is 0 Å². The third kappa shape index (κ3) is 3.17. The zero-order chi connectivity index (χ0) is 15.8. The van der Waals surface area contributed by atoms with Crippen LogP contribution in [-0.2, 0) is 11.8 Å². The Balaban J connectivity index is 2.29. The maximum atomic E-state index is 12.3. The molecule has 0 bridgehead atoms. The fourth-order valence-corrected chi connectivity index (χ4v) is 2.60. The van der Waals surface area contributed by atoms with Crippen LogP contribution in [0.3, 0.4) is 0 Å². The number of aryl methyl sites for hydroxylation is 1. The number of aromatic carboxylic acids is 1. The topological polar surface area (TPSA) is 84.7 Å². The van der Waals surface area contributed by atoms with Gasteiger partial charge in [0.1, 0.15) is 11.2 Å². The van der Waals surface area contributed by atoms with Crippen LogP contribution >= 0.6 is 0 Å². The van der Waals surface area contributed by atoms with Crippen molar-refractivity contribution in [2.24, 2.45) is 7.05 Å². The van der Waals surface area contributed by atoms with Crippen LogP contribution in [0.25, 0.3) is 0 Å². The summed E-state index contributed by atoms with van der Waals surface area (Å²) in [7, 11) is 1.69. The van der Waals surface area contributed by atoms with Crippen molar-refractivity contribution in [1.82, 2.24) is 14.7 Å². The van der Waals surface area contributed by atoms with Gasteiger partial charge < -0.3 is 9.84 Å². The lowest BCUT2D eigenvalue weighted by molar-refractivity contribution is 0.0216. The Bertz CT molecular complexity index is 559. The summed E-state index contributed by atoms with van der Waals surface area (Å²) >= 11 is 0. The van der Waals surface area contributed by atoms with Gasteiger partial charge in [-0.05, 0) is 33.6 Å². The van der Waals surface area contributed by atoms with Gasteiger partial charge in [-0.25, -0.2) is 9.59 Å². The van der Waals surface area contributed by atoms with Gasteiger partial charge in [0.2, 0.25) is 0 Å². The van der Waals surface area contributed by atoms with Crippen LogP contribution in [0, 0.1) is 0 Å². The molecule has 1 aromatic heterocycles. The maximum Gasteiger partial charge on any atom is 0.410 e. The van der Waals surface area contributed by atoms with Gasteiger partial charge in [0.25, 0.3) is 0 Å². The van der Waals surface area contributed by atoms with E-state index >= 15 is 0 Å². The predicted octanol–water partition coefficient (Wildman–Crippen LogP) is 2.19. The average molecular weight is 295 g/mol. The molecule has 0 spiro atoms. The molecular weight excluding hydrogens is 274 g/mol. The first kappa shape index (κ1) is 15.3. The lowest BCUT2D eigenvalue weighted by Crippen LogP contribution is -2.37. The number of carbonyl (C=O) groups is 2. The van der Waals surface area contributed by atoms with E-state index in [1.54, 1.807) is 11.9 Å². The number of carboxylic acid groups (broad SMARTS) is 1. The molecule has 1 fully saturated rings. The first-order chi connectivity index (χ1) is 9.70. The van der Waals surface area contributed by atoms with Crippen molar-refractivity contribution < 1.29 is 19.4 Å². The molecule has 7 heteroatoms. The molecule has 1 unspecified atom stereocenters. The zero-order valence-electron chi connectivity index (χ0n) is 12.8. The van der Waals surface area contributed by atoms with Crippen molar-refractivity contribution in [3.05, 3.63) is 17.5 Å². The Labute approximate surface area is 123 Å². The molecule has 21 heavy (non-hydrogen) atoms. The highest BCUT2D eigenvalue weighted by molar-refractivity contribution is 5.89. The summed E-state index contributed by atoms with van der Waals surface area (Å²) in [5, 5.41) is 13.3. The van der Waals surface area contributed by atoms with Crippen LogP contribution in [0.4, 0.5) is 4.79 Å². The maximum absolute atomic E-state index is 12.3. The van der Waals surface area contributed by atoms with Crippen molar-refractivity contribution in [2.45, 2.75) is 45.3 Å². The second kappa shape index (κ2) is 5.38. The molecule has 1 atom stereocenters. The second-order valence-electron chi connectivity index (χ2n) is 6.20. The molecule has 7 nitrogen and oxygen atoms in total. The molecule has 1 saturated heterocycles. The summed E-state index contributed by atoms with van der Waals surface area (Å²) in [6.45, 7) is 5.98. The molecule has 1 amide bonds. The Hall–Kier alpha value is -2.05. The number of ether oxygens (including phenoxy) is 1. The van der Waals surface area contributed by atoms with Gasteiger partial charge >= 0.3 is 12.1 Å². The van der Waals surface area contributed by atoms with E-state index in [1.807, 2.05) is 20.8 Å². The molecule has 0 aromatic carbocycles. The molecule has 1 aliphatic rings. The van der Waals surface area contributed by atoms with Crippen molar-refractivity contribution in [3.63, 3.8) is 0 Å². The molecule has 0 saturated carbocycles. The first-order valence-electron chi connectivity index (χ1n) is 6.95. The van der Waals surface area contributed by atoms with E-state index in [-0.39, 0.29) is 11.6 Å². The summed E-state index contributed by atoms with van der Waals surface area (Å²) in [6.07, 6.45) is 2.43. The van der Waals surface area contributed by atoms with Crippen LogP contribution in [0.5, 0.6) is 0 Å². The van der Waals surface area contributed by atoms with Crippen LogP contribution in [0.15, 0.2) is 6.20 Å². The van der Waals surface area contributed by atoms with E-state index in [0.29, 0.717) is 18.7 Å². The lowest BCUT2D eigenvalue weighted by Gasteiger charge is -2.29. The first-order valence-corrected chi connectivity index (χ1v) is 6.95. The summed E-state index contributed by atoms with van der Waals surface area (Å²) < 4.78 is 6.92. The smallest absolute Gasteiger partial charge is 0.410 e. The average Bonchev–Trinajstić information content (AvgIpc) is 2.91. The van der Waals surface area contributed by atoms with Gasteiger partial charge in [0, 0.05) is 13.6 Å². The van der Waals surface area contributed by atoms with Crippen LogP contribution in [0.2, 0.25) is 0 Å². The minimum absolute atomic E-state index is 0.137. The van der Waals surface area contributed by atoms with E-state index in [4.69, 9.17) is 4.74 Å². The number of likely N-dealkylation sites (tertiary alicyclic amines) is 1. The predicted molar refractivity (Wildman–Crippen MR) is 75.1 cm³/mol. The molecule has 2 rings (SSSR count). The van der Waals surface area contributed by atoms with Crippen molar-refractivity contribution in [1.29, 1.82) is 0 Å². The third-order valence-electron chi connectivity index (χ3n) is 3.41. The molecule has 116 valence electrons. The number of aromatic nitrogens is 2. The minimum atomic E-state index is -1.03. The molecule has 1 aliphatic heterocycles. The number of carbonyl (C=O) groups excluding carboxylic acids is 1. The van der Waals surface area contributed by atoms with E-state index in [0.717, 1.165) is 6.42 Å². The lowest BCUT2D eigenvalue weighted by atomic mass is 10.1.